The van der Waals surface area contributed by atoms with E-state index in [1.54, 1.807) is 0 Å². The van der Waals surface area contributed by atoms with Gasteiger partial charge in [0, 0.05) is 14.1 Å². The van der Waals surface area contributed by atoms with Crippen LogP contribution in [-0.2, 0) is 20.3 Å². The highest BCUT2D eigenvalue weighted by molar-refractivity contribution is 7.89. The number of hydrogen-bond acceptors (Lipinski definition) is 5. The van der Waals surface area contributed by atoms with E-state index in [2.05, 4.69) is 4.18 Å². The highest BCUT2D eigenvalue weighted by atomic mass is 32.2. The van der Waals surface area contributed by atoms with Gasteiger partial charge in [-0.15, -0.1) is 0 Å². The largest absolute Gasteiger partial charge is 0.384 e. The minimum Gasteiger partial charge on any atom is -0.369 e. The van der Waals surface area contributed by atoms with E-state index in [0.29, 0.717) is 0 Å². The highest BCUT2D eigenvalue weighted by Gasteiger charge is 2.21. The van der Waals surface area contributed by atoms with E-state index in [1.165, 1.54) is 32.3 Å². The van der Waals surface area contributed by atoms with Crippen LogP contribution in [0.25, 0.3) is 0 Å². The Bertz CT molecular complexity index is 607. The van der Waals surface area contributed by atoms with Crippen molar-refractivity contribution in [2.75, 3.05) is 14.1 Å². The van der Waals surface area contributed by atoms with Crippen LogP contribution in [0.4, 0.5) is 0 Å². The summed E-state index contributed by atoms with van der Waals surface area (Å²) >= 11 is 0. The molecule has 0 spiro atoms. The lowest BCUT2D eigenvalue weighted by atomic mass is 10.3. The molecule has 7 nitrogen and oxygen atoms in total. The van der Waals surface area contributed by atoms with E-state index in [9.17, 15) is 16.8 Å². The molecule has 1 rings (SSSR count). The summed E-state index contributed by atoms with van der Waals surface area (Å²) in [6.45, 7) is 0. The van der Waals surface area contributed by atoms with E-state index < -0.39 is 20.3 Å². The zero-order valence-electron chi connectivity index (χ0n) is 9.19. The molecule has 1 aromatic rings. The van der Waals surface area contributed by atoms with E-state index in [-0.39, 0.29) is 10.6 Å². The van der Waals surface area contributed by atoms with Gasteiger partial charge in [-0.25, -0.2) is 13.6 Å². The Morgan fingerprint density at radius 2 is 1.65 bits per heavy atom. The first-order valence-corrected chi connectivity index (χ1v) is 7.29. The molecule has 0 amide bonds. The minimum absolute atomic E-state index is 0.330. The maximum Gasteiger partial charge on any atom is 0.384 e. The van der Waals surface area contributed by atoms with Crippen LogP contribution in [-0.4, -0.2) is 35.2 Å². The van der Waals surface area contributed by atoms with Crippen molar-refractivity contribution in [2.45, 2.75) is 4.90 Å². The Kier molecular flexibility index (Phi) is 3.77. The number of nitrogens with zero attached hydrogens (tertiary/aromatic N) is 1. The standard InChI is InChI=1S/C8H12N2O5S2/c1-10(2)17(13,14)15-7-5-3-4-6-8(7)16(9,11)12/h3-6H,1-2H3,(H2,9,11,12). The van der Waals surface area contributed by atoms with Gasteiger partial charge in [-0.05, 0) is 12.1 Å². The van der Waals surface area contributed by atoms with Crippen molar-refractivity contribution in [3.05, 3.63) is 24.3 Å². The Balaban J connectivity index is 3.27. The fourth-order valence-electron chi connectivity index (χ4n) is 0.942. The first-order chi connectivity index (χ1) is 7.64. The summed E-state index contributed by atoms with van der Waals surface area (Å²) in [5, 5.41) is 4.94. The summed E-state index contributed by atoms with van der Waals surface area (Å²) in [6.07, 6.45) is 0. The predicted molar refractivity (Wildman–Crippen MR) is 61.1 cm³/mol. The smallest absolute Gasteiger partial charge is 0.369 e. The molecule has 0 saturated heterocycles. The topological polar surface area (TPSA) is 107 Å². The molecule has 0 saturated carbocycles. The summed E-state index contributed by atoms with van der Waals surface area (Å²) < 4.78 is 50.8. The number of para-hydroxylation sites is 1. The summed E-state index contributed by atoms with van der Waals surface area (Å²) in [6, 6.07) is 5.22. The van der Waals surface area contributed by atoms with Crippen molar-refractivity contribution >= 4 is 20.3 Å². The van der Waals surface area contributed by atoms with Gasteiger partial charge in [0.1, 0.15) is 4.90 Å². The van der Waals surface area contributed by atoms with Crippen LogP contribution in [0.3, 0.4) is 0 Å². The van der Waals surface area contributed by atoms with Crippen LogP contribution < -0.4 is 9.32 Å². The van der Waals surface area contributed by atoms with Crippen molar-refractivity contribution in [2.24, 2.45) is 5.14 Å². The fourth-order valence-corrected chi connectivity index (χ4v) is 2.17. The van der Waals surface area contributed by atoms with Gasteiger partial charge in [0.15, 0.2) is 5.75 Å². The van der Waals surface area contributed by atoms with Crippen LogP contribution >= 0.6 is 0 Å². The first kappa shape index (κ1) is 13.9. The second kappa shape index (κ2) is 4.61. The fraction of sp³-hybridized carbons (Fsp3) is 0.250. The number of rotatable bonds is 4. The zero-order chi connectivity index (χ0) is 13.3. The van der Waals surface area contributed by atoms with Gasteiger partial charge in [0.25, 0.3) is 0 Å². The van der Waals surface area contributed by atoms with Crippen molar-refractivity contribution in [3.63, 3.8) is 0 Å². The third-order valence-corrected chi connectivity index (χ3v) is 4.03. The summed E-state index contributed by atoms with van der Waals surface area (Å²) in [7, 11) is -5.54. The molecular weight excluding hydrogens is 268 g/mol. The van der Waals surface area contributed by atoms with Gasteiger partial charge in [-0.2, -0.15) is 12.7 Å². The highest BCUT2D eigenvalue weighted by Crippen LogP contribution is 2.23. The maximum absolute atomic E-state index is 11.4. The van der Waals surface area contributed by atoms with E-state index >= 15 is 0 Å². The molecule has 0 radical (unpaired) electrons. The summed E-state index contributed by atoms with van der Waals surface area (Å²) in [5.41, 5.74) is 0. The van der Waals surface area contributed by atoms with E-state index in [4.69, 9.17) is 5.14 Å². The molecule has 0 fully saturated rings. The Labute approximate surface area is 100 Å². The van der Waals surface area contributed by atoms with Crippen molar-refractivity contribution < 1.29 is 21.0 Å². The predicted octanol–water partition coefficient (Wildman–Crippen LogP) is -0.481. The quantitative estimate of drug-likeness (QED) is 0.801. The molecule has 0 aliphatic rings. The first-order valence-electron chi connectivity index (χ1n) is 4.38. The van der Waals surface area contributed by atoms with Gasteiger partial charge in [0.2, 0.25) is 10.0 Å². The van der Waals surface area contributed by atoms with Gasteiger partial charge >= 0.3 is 10.3 Å². The van der Waals surface area contributed by atoms with Gasteiger partial charge in [-0.3, -0.25) is 0 Å². The van der Waals surface area contributed by atoms with Gasteiger partial charge in [-0.1, -0.05) is 12.1 Å². The molecule has 1 aromatic carbocycles. The molecule has 96 valence electrons. The van der Waals surface area contributed by atoms with Crippen molar-refractivity contribution in [1.29, 1.82) is 0 Å². The molecule has 0 bridgehead atoms. The Morgan fingerprint density at radius 1 is 1.12 bits per heavy atom. The van der Waals surface area contributed by atoms with Crippen LogP contribution in [0.2, 0.25) is 0 Å². The molecule has 0 aromatic heterocycles. The average molecular weight is 280 g/mol. The number of sulfonamides is 1. The van der Waals surface area contributed by atoms with Gasteiger partial charge < -0.3 is 4.18 Å². The lowest BCUT2D eigenvalue weighted by Crippen LogP contribution is -2.28. The summed E-state index contributed by atoms with van der Waals surface area (Å²) in [5.74, 6) is -0.330. The Morgan fingerprint density at radius 3 is 2.12 bits per heavy atom. The van der Waals surface area contributed by atoms with Crippen molar-refractivity contribution in [1.82, 2.24) is 4.31 Å². The second-order valence-electron chi connectivity index (χ2n) is 3.32. The molecule has 17 heavy (non-hydrogen) atoms. The number of primary sulfonamides is 1. The molecule has 0 unspecified atom stereocenters. The normalized spacial score (nSPS) is 12.7. The van der Waals surface area contributed by atoms with Crippen LogP contribution in [0.5, 0.6) is 5.75 Å². The van der Waals surface area contributed by atoms with Gasteiger partial charge in [0.05, 0.1) is 0 Å². The summed E-state index contributed by atoms with van der Waals surface area (Å²) in [4.78, 5) is -0.384. The molecule has 0 aliphatic carbocycles. The monoisotopic (exact) mass is 280 g/mol. The molecule has 2 N–H and O–H groups in total. The molecule has 0 heterocycles. The van der Waals surface area contributed by atoms with Crippen LogP contribution in [0, 0.1) is 0 Å². The lowest BCUT2D eigenvalue weighted by Gasteiger charge is -2.13. The third kappa shape index (κ3) is 3.40. The van der Waals surface area contributed by atoms with Crippen LogP contribution in [0.15, 0.2) is 29.2 Å². The van der Waals surface area contributed by atoms with Crippen molar-refractivity contribution in [3.8, 4) is 5.75 Å². The molecule has 0 aliphatic heterocycles. The second-order valence-corrected chi connectivity index (χ2v) is 6.60. The van der Waals surface area contributed by atoms with E-state index in [0.717, 1.165) is 10.4 Å². The van der Waals surface area contributed by atoms with E-state index in [1.807, 2.05) is 0 Å². The SMILES string of the molecule is CN(C)S(=O)(=O)Oc1ccccc1S(N)(=O)=O. The van der Waals surface area contributed by atoms with Crippen LogP contribution in [0.1, 0.15) is 0 Å². The zero-order valence-corrected chi connectivity index (χ0v) is 10.8. The third-order valence-electron chi connectivity index (χ3n) is 1.80. The lowest BCUT2D eigenvalue weighted by molar-refractivity contribution is 0.417. The minimum atomic E-state index is -4.04. The Hall–Kier alpha value is -1.16. The molecular formula is C8H12N2O5S2. The number of hydrogen-bond donors (Lipinski definition) is 1. The molecule has 0 atom stereocenters. The number of benzene rings is 1. The average Bonchev–Trinajstić information content (AvgIpc) is 2.15. The maximum atomic E-state index is 11.4. The molecule has 9 heteroatoms. The number of nitrogens with two attached hydrogens (primary N) is 1.